The van der Waals surface area contributed by atoms with Gasteiger partial charge in [0.05, 0.1) is 16.6 Å². The van der Waals surface area contributed by atoms with Gasteiger partial charge >= 0.3 is 0 Å². The van der Waals surface area contributed by atoms with Crippen LogP contribution in [0.15, 0.2) is 164 Å². The molecule has 0 aliphatic heterocycles. The molecule has 0 aliphatic rings. The second-order valence-electron chi connectivity index (χ2n) is 11.5. The standard InChI is InChI=1S/C41H27N2PS/c45-44(29-13-3-1-4-14-29,30-15-5-2-6-16-30)40-24-12-20-32-31(19-11-21-35(32)40)28-25-26-34-33-17-7-8-18-36(33)41-42-37-22-9-10-23-38(37)43(41)39(34)27-28/h1-27H. The monoisotopic (exact) mass is 610 g/mol. The van der Waals surface area contributed by atoms with Gasteiger partial charge in [-0.15, -0.1) is 0 Å². The van der Waals surface area contributed by atoms with Gasteiger partial charge in [-0.2, -0.15) is 0 Å². The highest BCUT2D eigenvalue weighted by molar-refractivity contribution is 8.25. The molecule has 0 unspecified atom stereocenters. The van der Waals surface area contributed by atoms with Crippen LogP contribution in [0.5, 0.6) is 0 Å². The van der Waals surface area contributed by atoms with Crippen LogP contribution < -0.4 is 15.9 Å². The van der Waals surface area contributed by atoms with Crippen LogP contribution >= 0.6 is 6.04 Å². The van der Waals surface area contributed by atoms with Crippen LogP contribution in [0.25, 0.3) is 60.3 Å². The first-order valence-corrected chi connectivity index (χ1v) is 18.0. The highest BCUT2D eigenvalue weighted by atomic mass is 32.4. The fourth-order valence-electron chi connectivity index (χ4n) is 7.00. The third kappa shape index (κ3) is 3.95. The molecular formula is C41H27N2PS. The van der Waals surface area contributed by atoms with Crippen molar-refractivity contribution in [1.29, 1.82) is 0 Å². The molecule has 0 bridgehead atoms. The molecule has 9 aromatic rings. The largest absolute Gasteiger partial charge is 0.292 e. The third-order valence-electron chi connectivity index (χ3n) is 9.05. The Morgan fingerprint density at radius 2 is 1.09 bits per heavy atom. The van der Waals surface area contributed by atoms with Crippen molar-refractivity contribution >= 4 is 82.9 Å². The first-order chi connectivity index (χ1) is 22.2. The number of fused-ring (bicyclic) bond motifs is 9. The SMILES string of the molecule is S=P(c1ccccc1)(c1ccccc1)c1cccc2c(-c3ccc4c5ccccc5c5nc6ccccc6n5c4c3)cccc12. The van der Waals surface area contributed by atoms with Crippen molar-refractivity contribution in [3.8, 4) is 11.1 Å². The van der Waals surface area contributed by atoms with E-state index < -0.39 is 6.04 Å². The molecule has 0 amide bonds. The molecule has 2 heterocycles. The van der Waals surface area contributed by atoms with Crippen LogP contribution in [-0.4, -0.2) is 9.38 Å². The van der Waals surface area contributed by atoms with Crippen molar-refractivity contribution in [3.63, 3.8) is 0 Å². The summed E-state index contributed by atoms with van der Waals surface area (Å²) in [6.07, 6.45) is 0. The van der Waals surface area contributed by atoms with E-state index in [1.54, 1.807) is 0 Å². The van der Waals surface area contributed by atoms with E-state index in [-0.39, 0.29) is 0 Å². The number of para-hydroxylation sites is 2. The lowest BCUT2D eigenvalue weighted by molar-refractivity contribution is 1.31. The molecular weight excluding hydrogens is 584 g/mol. The van der Waals surface area contributed by atoms with Crippen LogP contribution in [-0.2, 0) is 11.8 Å². The third-order valence-corrected chi connectivity index (χ3v) is 14.0. The Balaban J connectivity index is 1.33. The fraction of sp³-hybridized carbons (Fsp3) is 0. The van der Waals surface area contributed by atoms with Gasteiger partial charge in [0, 0.05) is 22.1 Å². The molecule has 212 valence electrons. The van der Waals surface area contributed by atoms with Crippen molar-refractivity contribution in [1.82, 2.24) is 9.38 Å². The van der Waals surface area contributed by atoms with Gasteiger partial charge in [0.15, 0.2) is 0 Å². The normalized spacial score (nSPS) is 12.1. The molecule has 0 fully saturated rings. The minimum atomic E-state index is -2.33. The predicted molar refractivity (Wildman–Crippen MR) is 197 cm³/mol. The van der Waals surface area contributed by atoms with Gasteiger partial charge in [0.25, 0.3) is 0 Å². The maximum absolute atomic E-state index is 6.79. The van der Waals surface area contributed by atoms with Crippen LogP contribution in [0.2, 0.25) is 0 Å². The number of imidazole rings is 1. The lowest BCUT2D eigenvalue weighted by Crippen LogP contribution is -2.25. The number of aromatic nitrogens is 2. The van der Waals surface area contributed by atoms with Crippen LogP contribution in [0, 0.1) is 0 Å². The van der Waals surface area contributed by atoms with E-state index in [1.807, 2.05) is 0 Å². The van der Waals surface area contributed by atoms with Crippen LogP contribution in [0.1, 0.15) is 0 Å². The van der Waals surface area contributed by atoms with Crippen molar-refractivity contribution in [3.05, 3.63) is 164 Å². The molecule has 45 heavy (non-hydrogen) atoms. The molecule has 0 atom stereocenters. The zero-order valence-electron chi connectivity index (χ0n) is 24.3. The quantitative estimate of drug-likeness (QED) is 0.146. The minimum Gasteiger partial charge on any atom is -0.292 e. The maximum atomic E-state index is 6.79. The summed E-state index contributed by atoms with van der Waals surface area (Å²) in [5.74, 6) is 0. The first kappa shape index (κ1) is 26.3. The summed E-state index contributed by atoms with van der Waals surface area (Å²) in [6, 6.07) is 56.3. The number of nitrogens with zero attached hydrogens (tertiary/aromatic N) is 2. The number of rotatable bonds is 4. The van der Waals surface area contributed by atoms with E-state index in [2.05, 4.69) is 168 Å². The van der Waals surface area contributed by atoms with Gasteiger partial charge in [-0.25, -0.2) is 4.98 Å². The van der Waals surface area contributed by atoms with Gasteiger partial charge < -0.3 is 0 Å². The molecule has 0 radical (unpaired) electrons. The van der Waals surface area contributed by atoms with Crippen LogP contribution in [0.3, 0.4) is 0 Å². The minimum absolute atomic E-state index is 0.989. The number of pyridine rings is 1. The Hall–Kier alpha value is -5.08. The summed E-state index contributed by atoms with van der Waals surface area (Å²) in [4.78, 5) is 5.10. The lowest BCUT2D eigenvalue weighted by atomic mass is 9.96. The summed E-state index contributed by atoms with van der Waals surface area (Å²) in [7, 11) is 0. The Labute approximate surface area is 266 Å². The highest BCUT2D eigenvalue weighted by Gasteiger charge is 2.27. The van der Waals surface area contributed by atoms with Crippen molar-refractivity contribution < 1.29 is 0 Å². The predicted octanol–water partition coefficient (Wildman–Crippen LogP) is 9.37. The Bertz CT molecular complexity index is 2580. The molecule has 4 heteroatoms. The zero-order chi connectivity index (χ0) is 30.0. The van der Waals surface area contributed by atoms with E-state index in [0.29, 0.717) is 0 Å². The maximum Gasteiger partial charge on any atom is 0.146 e. The molecule has 2 nitrogen and oxygen atoms in total. The van der Waals surface area contributed by atoms with Gasteiger partial charge in [-0.05, 0) is 56.1 Å². The van der Waals surface area contributed by atoms with E-state index in [4.69, 9.17) is 16.8 Å². The molecule has 2 aromatic heterocycles. The van der Waals surface area contributed by atoms with E-state index in [9.17, 15) is 0 Å². The van der Waals surface area contributed by atoms with Gasteiger partial charge in [0.2, 0.25) is 0 Å². The molecule has 7 aromatic carbocycles. The van der Waals surface area contributed by atoms with E-state index in [1.165, 1.54) is 48.6 Å². The van der Waals surface area contributed by atoms with Crippen molar-refractivity contribution in [2.45, 2.75) is 0 Å². The number of benzene rings is 7. The Kier molecular flexibility index (Phi) is 5.99. The summed E-state index contributed by atoms with van der Waals surface area (Å²) >= 11 is 6.79. The van der Waals surface area contributed by atoms with E-state index in [0.717, 1.165) is 27.6 Å². The summed E-state index contributed by atoms with van der Waals surface area (Å²) in [6.45, 7) is 0. The summed E-state index contributed by atoms with van der Waals surface area (Å²) in [5, 5.41) is 9.65. The Morgan fingerprint density at radius 3 is 1.87 bits per heavy atom. The average Bonchev–Trinajstić information content (AvgIpc) is 3.52. The molecule has 9 rings (SSSR count). The van der Waals surface area contributed by atoms with E-state index >= 15 is 0 Å². The molecule has 0 spiro atoms. The smallest absolute Gasteiger partial charge is 0.146 e. The van der Waals surface area contributed by atoms with Gasteiger partial charge in [-0.1, -0.05) is 157 Å². The van der Waals surface area contributed by atoms with Crippen molar-refractivity contribution in [2.24, 2.45) is 0 Å². The van der Waals surface area contributed by atoms with Crippen molar-refractivity contribution in [2.75, 3.05) is 0 Å². The lowest BCUT2D eigenvalue weighted by Gasteiger charge is -2.26. The number of hydrogen-bond acceptors (Lipinski definition) is 2. The molecule has 0 N–H and O–H groups in total. The highest BCUT2D eigenvalue weighted by Crippen LogP contribution is 2.46. The second-order valence-corrected chi connectivity index (χ2v) is 15.9. The fourth-order valence-corrected chi connectivity index (χ4v) is 11.1. The second kappa shape index (κ2) is 10.2. The summed E-state index contributed by atoms with van der Waals surface area (Å²) < 4.78 is 2.33. The molecule has 0 saturated heterocycles. The zero-order valence-corrected chi connectivity index (χ0v) is 26.0. The number of hydrogen-bond donors (Lipinski definition) is 0. The van der Waals surface area contributed by atoms with Gasteiger partial charge in [0.1, 0.15) is 5.65 Å². The molecule has 0 aliphatic carbocycles. The Morgan fingerprint density at radius 1 is 0.467 bits per heavy atom. The topological polar surface area (TPSA) is 17.3 Å². The van der Waals surface area contributed by atoms with Crippen LogP contribution in [0.4, 0.5) is 0 Å². The summed E-state index contributed by atoms with van der Waals surface area (Å²) in [5.41, 5.74) is 6.64. The molecule has 0 saturated carbocycles. The first-order valence-electron chi connectivity index (χ1n) is 15.2. The van der Waals surface area contributed by atoms with Gasteiger partial charge in [-0.3, -0.25) is 4.40 Å². The average molecular weight is 611 g/mol.